The van der Waals surface area contributed by atoms with Gasteiger partial charge < -0.3 is 19.3 Å². The zero-order valence-electron chi connectivity index (χ0n) is 18.6. The van der Waals surface area contributed by atoms with Crippen molar-refractivity contribution >= 4 is 23.6 Å². The second-order valence-corrected chi connectivity index (χ2v) is 9.09. The molecule has 0 unspecified atom stereocenters. The summed E-state index contributed by atoms with van der Waals surface area (Å²) in [4.78, 5) is 34.4. The molecule has 1 aliphatic rings. The minimum atomic E-state index is -0.0507. The molecule has 33 heavy (non-hydrogen) atoms. The minimum absolute atomic E-state index is 0.0507. The van der Waals surface area contributed by atoms with Gasteiger partial charge >= 0.3 is 0 Å². The summed E-state index contributed by atoms with van der Waals surface area (Å²) in [6.07, 6.45) is 5.99. The molecule has 0 radical (unpaired) electrons. The fourth-order valence-electron chi connectivity index (χ4n) is 3.91. The maximum absolute atomic E-state index is 12.5. The SMILES string of the molecule is CC(=O)NCSCCC(=O)N1CCC(c2nccn2Cc2noc(-c3ccccc3)n2)CC1. The van der Waals surface area contributed by atoms with Crippen molar-refractivity contribution < 1.29 is 14.1 Å². The highest BCUT2D eigenvalue weighted by Crippen LogP contribution is 2.28. The fraction of sp³-hybridized carbons (Fsp3) is 0.435. The highest BCUT2D eigenvalue weighted by Gasteiger charge is 2.26. The largest absolute Gasteiger partial charge is 0.347 e. The monoisotopic (exact) mass is 468 g/mol. The summed E-state index contributed by atoms with van der Waals surface area (Å²) in [5.74, 6) is 3.78. The lowest BCUT2D eigenvalue weighted by atomic mass is 9.95. The Morgan fingerprint density at radius 3 is 2.76 bits per heavy atom. The number of thioether (sulfide) groups is 1. The number of aromatic nitrogens is 4. The number of hydrogen-bond acceptors (Lipinski definition) is 7. The van der Waals surface area contributed by atoms with E-state index in [9.17, 15) is 9.59 Å². The molecule has 10 heteroatoms. The minimum Gasteiger partial charge on any atom is -0.347 e. The van der Waals surface area contributed by atoms with E-state index in [1.165, 1.54) is 6.92 Å². The number of rotatable bonds is 9. The summed E-state index contributed by atoms with van der Waals surface area (Å²) in [6.45, 7) is 3.45. The van der Waals surface area contributed by atoms with Crippen molar-refractivity contribution in [2.75, 3.05) is 24.7 Å². The Labute approximate surface area is 196 Å². The summed E-state index contributed by atoms with van der Waals surface area (Å²) in [7, 11) is 0. The van der Waals surface area contributed by atoms with Gasteiger partial charge in [-0.3, -0.25) is 9.59 Å². The second-order valence-electron chi connectivity index (χ2n) is 7.99. The van der Waals surface area contributed by atoms with E-state index < -0.39 is 0 Å². The Bertz CT molecular complexity index is 1060. The molecule has 1 aromatic carbocycles. The maximum Gasteiger partial charge on any atom is 0.257 e. The van der Waals surface area contributed by atoms with Crippen LogP contribution in [-0.2, 0) is 16.1 Å². The Morgan fingerprint density at radius 1 is 1.21 bits per heavy atom. The Hall–Kier alpha value is -3.14. The molecule has 0 spiro atoms. The predicted octanol–water partition coefficient (Wildman–Crippen LogP) is 2.90. The van der Waals surface area contributed by atoms with Crippen molar-refractivity contribution in [3.63, 3.8) is 0 Å². The maximum atomic E-state index is 12.5. The number of imidazole rings is 1. The van der Waals surface area contributed by atoms with Crippen LogP contribution in [0.4, 0.5) is 0 Å². The average Bonchev–Trinajstić information content (AvgIpc) is 3.49. The molecule has 174 valence electrons. The van der Waals surface area contributed by atoms with Crippen molar-refractivity contribution in [1.29, 1.82) is 0 Å². The van der Waals surface area contributed by atoms with Gasteiger partial charge in [-0.2, -0.15) is 4.98 Å². The molecule has 1 saturated heterocycles. The number of nitrogens with zero attached hydrogens (tertiary/aromatic N) is 5. The third kappa shape index (κ3) is 6.22. The molecular formula is C23H28N6O3S. The Balaban J connectivity index is 1.27. The Morgan fingerprint density at radius 2 is 2.00 bits per heavy atom. The highest BCUT2D eigenvalue weighted by molar-refractivity contribution is 7.99. The molecule has 1 aliphatic heterocycles. The van der Waals surface area contributed by atoms with E-state index in [1.54, 1.807) is 18.0 Å². The van der Waals surface area contributed by atoms with E-state index in [0.29, 0.717) is 42.2 Å². The first-order valence-electron chi connectivity index (χ1n) is 11.1. The number of carbonyl (C=O) groups excluding carboxylic acids is 2. The van der Waals surface area contributed by atoms with E-state index in [0.717, 1.165) is 37.3 Å². The second kappa shape index (κ2) is 11.1. The van der Waals surface area contributed by atoms with E-state index >= 15 is 0 Å². The molecule has 3 aromatic rings. The zero-order chi connectivity index (χ0) is 23.0. The first-order chi connectivity index (χ1) is 16.1. The number of hydrogen-bond donors (Lipinski definition) is 1. The van der Waals surface area contributed by atoms with Crippen LogP contribution in [0, 0.1) is 0 Å². The topological polar surface area (TPSA) is 106 Å². The summed E-state index contributed by atoms with van der Waals surface area (Å²) in [5, 5.41) is 6.85. The van der Waals surface area contributed by atoms with Gasteiger partial charge in [-0.25, -0.2) is 4.98 Å². The van der Waals surface area contributed by atoms with Crippen LogP contribution in [0.25, 0.3) is 11.5 Å². The quantitative estimate of drug-likeness (QED) is 0.380. The van der Waals surface area contributed by atoms with Crippen molar-refractivity contribution in [2.45, 2.75) is 38.6 Å². The third-order valence-electron chi connectivity index (χ3n) is 5.64. The van der Waals surface area contributed by atoms with E-state index in [-0.39, 0.29) is 11.8 Å². The summed E-state index contributed by atoms with van der Waals surface area (Å²) in [6, 6.07) is 9.71. The average molecular weight is 469 g/mol. The van der Waals surface area contributed by atoms with E-state index in [2.05, 4.69) is 25.0 Å². The number of benzene rings is 1. The smallest absolute Gasteiger partial charge is 0.257 e. The van der Waals surface area contributed by atoms with Crippen LogP contribution in [0.3, 0.4) is 0 Å². The lowest BCUT2D eigenvalue weighted by Gasteiger charge is -2.32. The molecule has 0 atom stereocenters. The van der Waals surface area contributed by atoms with Crippen LogP contribution in [0.15, 0.2) is 47.2 Å². The standard InChI is InChI=1S/C23H28N6O3S/c1-17(30)25-16-33-14-9-21(31)28-11-7-18(8-12-28)22-24-10-13-29(22)15-20-26-23(32-27-20)19-5-3-2-4-6-19/h2-6,10,13,18H,7-9,11-12,14-16H2,1H3,(H,25,30). The summed E-state index contributed by atoms with van der Waals surface area (Å²) >= 11 is 1.56. The normalized spacial score (nSPS) is 14.4. The Kier molecular flexibility index (Phi) is 7.77. The van der Waals surface area contributed by atoms with Crippen molar-refractivity contribution in [1.82, 2.24) is 29.9 Å². The highest BCUT2D eigenvalue weighted by atomic mass is 32.2. The molecule has 1 N–H and O–H groups in total. The van der Waals surface area contributed by atoms with E-state index in [1.807, 2.05) is 41.4 Å². The first-order valence-corrected chi connectivity index (χ1v) is 12.2. The molecule has 2 amide bonds. The van der Waals surface area contributed by atoms with Crippen LogP contribution >= 0.6 is 11.8 Å². The molecule has 9 nitrogen and oxygen atoms in total. The molecule has 1 fully saturated rings. The summed E-state index contributed by atoms with van der Waals surface area (Å²) in [5.41, 5.74) is 0.896. The molecule has 4 rings (SSSR count). The van der Waals surface area contributed by atoms with Gasteiger partial charge in [0.2, 0.25) is 11.8 Å². The number of likely N-dealkylation sites (tertiary alicyclic amines) is 1. The van der Waals surface area contributed by atoms with Crippen LogP contribution in [-0.4, -0.2) is 61.1 Å². The molecule has 0 aliphatic carbocycles. The number of piperidine rings is 1. The first kappa shape index (κ1) is 23.0. The van der Waals surface area contributed by atoms with Gasteiger partial charge in [-0.05, 0) is 25.0 Å². The molecule has 0 bridgehead atoms. The summed E-state index contributed by atoms with van der Waals surface area (Å²) < 4.78 is 7.49. The fourth-order valence-corrected chi connectivity index (χ4v) is 4.68. The number of amides is 2. The van der Waals surface area contributed by atoms with Crippen LogP contribution in [0.5, 0.6) is 0 Å². The zero-order valence-corrected chi connectivity index (χ0v) is 19.5. The lowest BCUT2D eigenvalue weighted by molar-refractivity contribution is -0.131. The van der Waals surface area contributed by atoms with Crippen LogP contribution in [0.2, 0.25) is 0 Å². The molecule has 0 saturated carbocycles. The van der Waals surface area contributed by atoms with Crippen molar-refractivity contribution in [2.24, 2.45) is 0 Å². The van der Waals surface area contributed by atoms with Gasteiger partial charge in [-0.15, -0.1) is 11.8 Å². The van der Waals surface area contributed by atoms with Crippen molar-refractivity contribution in [3.8, 4) is 11.5 Å². The van der Waals surface area contributed by atoms with Crippen molar-refractivity contribution in [3.05, 3.63) is 54.4 Å². The van der Waals surface area contributed by atoms with Gasteiger partial charge in [0.25, 0.3) is 5.89 Å². The molecule has 3 heterocycles. The van der Waals surface area contributed by atoms with Gasteiger partial charge in [0, 0.05) is 56.1 Å². The number of carbonyl (C=O) groups is 2. The van der Waals surface area contributed by atoms with E-state index in [4.69, 9.17) is 4.52 Å². The van der Waals surface area contributed by atoms with Gasteiger partial charge in [0.1, 0.15) is 5.82 Å². The van der Waals surface area contributed by atoms with Gasteiger partial charge in [-0.1, -0.05) is 23.4 Å². The van der Waals surface area contributed by atoms with Crippen LogP contribution < -0.4 is 5.32 Å². The molecular weight excluding hydrogens is 440 g/mol. The predicted molar refractivity (Wildman–Crippen MR) is 125 cm³/mol. The van der Waals surface area contributed by atoms with Gasteiger partial charge in [0.15, 0.2) is 5.82 Å². The van der Waals surface area contributed by atoms with Gasteiger partial charge in [0.05, 0.1) is 12.4 Å². The lowest BCUT2D eigenvalue weighted by Crippen LogP contribution is -2.38. The van der Waals surface area contributed by atoms with Crippen LogP contribution in [0.1, 0.15) is 43.8 Å². The third-order valence-corrected chi connectivity index (χ3v) is 6.49. The number of nitrogens with one attached hydrogen (secondary N) is 1. The molecule has 2 aromatic heterocycles.